The summed E-state index contributed by atoms with van der Waals surface area (Å²) in [4.78, 5) is 11.7. The quantitative estimate of drug-likeness (QED) is 0.791. The first-order valence-corrected chi connectivity index (χ1v) is 7.96. The molecule has 2 fully saturated rings. The summed E-state index contributed by atoms with van der Waals surface area (Å²) in [5.41, 5.74) is 6.02. The Kier molecular flexibility index (Phi) is 4.92. The van der Waals surface area contributed by atoms with E-state index in [1.807, 2.05) is 18.7 Å². The Hall–Kier alpha value is -0.260. The average Bonchev–Trinajstić information content (AvgIpc) is 2.39. The highest BCUT2D eigenvalue weighted by molar-refractivity contribution is 7.99. The lowest BCUT2D eigenvalue weighted by atomic mass is 9.79. The Morgan fingerprint density at radius 3 is 2.94 bits per heavy atom. The van der Waals surface area contributed by atoms with Crippen molar-refractivity contribution in [1.82, 2.24) is 0 Å². The van der Waals surface area contributed by atoms with Crippen LogP contribution in [0.4, 0.5) is 0 Å². The van der Waals surface area contributed by atoms with E-state index in [0.717, 1.165) is 43.8 Å². The fourth-order valence-corrected chi connectivity index (χ4v) is 4.13. The zero-order chi connectivity index (χ0) is 13.0. The van der Waals surface area contributed by atoms with Crippen LogP contribution in [0, 0.1) is 5.92 Å². The maximum atomic E-state index is 11.7. The summed E-state index contributed by atoms with van der Waals surface area (Å²) in [5, 5.41) is 0. The van der Waals surface area contributed by atoms with Gasteiger partial charge in [-0.25, -0.2) is 0 Å². The predicted octanol–water partition coefficient (Wildman–Crippen LogP) is 1.57. The Balaban J connectivity index is 1.95. The molecule has 1 spiro atoms. The standard InChI is InChI=1S/C13H23NO3S/c1-2-16-12(15)11(14)10-3-6-17-13(9-10)4-7-18-8-5-13/h10-11H,2-9,14H2,1H3. The Labute approximate surface area is 113 Å². The zero-order valence-corrected chi connectivity index (χ0v) is 11.8. The van der Waals surface area contributed by atoms with Crippen molar-refractivity contribution in [3.05, 3.63) is 0 Å². The summed E-state index contributed by atoms with van der Waals surface area (Å²) < 4.78 is 11.0. The van der Waals surface area contributed by atoms with Gasteiger partial charge >= 0.3 is 5.97 Å². The van der Waals surface area contributed by atoms with Gasteiger partial charge in [0, 0.05) is 6.61 Å². The first-order valence-electron chi connectivity index (χ1n) is 6.81. The molecule has 2 unspecified atom stereocenters. The van der Waals surface area contributed by atoms with Crippen molar-refractivity contribution >= 4 is 17.7 Å². The molecule has 5 heteroatoms. The maximum Gasteiger partial charge on any atom is 0.323 e. The van der Waals surface area contributed by atoms with Gasteiger partial charge in [-0.15, -0.1) is 0 Å². The molecule has 2 aliphatic rings. The molecule has 0 saturated carbocycles. The molecule has 104 valence electrons. The molecule has 0 aliphatic carbocycles. The van der Waals surface area contributed by atoms with E-state index >= 15 is 0 Å². The van der Waals surface area contributed by atoms with Crippen LogP contribution < -0.4 is 5.73 Å². The van der Waals surface area contributed by atoms with Crippen LogP contribution in [0.15, 0.2) is 0 Å². The third kappa shape index (κ3) is 3.19. The maximum absolute atomic E-state index is 11.7. The van der Waals surface area contributed by atoms with Gasteiger partial charge in [0.05, 0.1) is 12.2 Å². The molecule has 2 rings (SSSR count). The summed E-state index contributed by atoms with van der Waals surface area (Å²) in [6, 6.07) is -0.486. The topological polar surface area (TPSA) is 61.5 Å². The molecular weight excluding hydrogens is 250 g/mol. The first-order chi connectivity index (χ1) is 8.67. The SMILES string of the molecule is CCOC(=O)C(N)C1CCOC2(CCSCC2)C1. The van der Waals surface area contributed by atoms with Crippen molar-refractivity contribution in [2.45, 2.75) is 44.2 Å². The summed E-state index contributed by atoms with van der Waals surface area (Å²) in [7, 11) is 0. The minimum Gasteiger partial charge on any atom is -0.465 e. The molecule has 2 heterocycles. The largest absolute Gasteiger partial charge is 0.465 e. The highest BCUT2D eigenvalue weighted by atomic mass is 32.2. The fraction of sp³-hybridized carbons (Fsp3) is 0.923. The van der Waals surface area contributed by atoms with Gasteiger partial charge in [0.1, 0.15) is 6.04 Å². The van der Waals surface area contributed by atoms with E-state index < -0.39 is 6.04 Å². The van der Waals surface area contributed by atoms with E-state index in [0.29, 0.717) is 6.61 Å². The fourth-order valence-electron chi connectivity index (χ4n) is 2.89. The molecular formula is C13H23NO3S. The van der Waals surface area contributed by atoms with E-state index in [4.69, 9.17) is 15.2 Å². The number of hydrogen-bond donors (Lipinski definition) is 1. The summed E-state index contributed by atoms with van der Waals surface area (Å²) in [5.74, 6) is 2.26. The van der Waals surface area contributed by atoms with Gasteiger partial charge in [-0.2, -0.15) is 11.8 Å². The number of rotatable bonds is 3. The third-order valence-corrected chi connectivity index (χ3v) is 4.99. The van der Waals surface area contributed by atoms with Crippen molar-refractivity contribution in [1.29, 1.82) is 0 Å². The Morgan fingerprint density at radius 2 is 2.28 bits per heavy atom. The van der Waals surface area contributed by atoms with Crippen LogP contribution >= 0.6 is 11.8 Å². The van der Waals surface area contributed by atoms with Gasteiger partial charge in [-0.05, 0) is 50.0 Å². The highest BCUT2D eigenvalue weighted by Gasteiger charge is 2.42. The number of ether oxygens (including phenoxy) is 2. The summed E-state index contributed by atoms with van der Waals surface area (Å²) in [6.45, 7) is 2.94. The second kappa shape index (κ2) is 6.26. The molecule has 0 amide bonds. The highest BCUT2D eigenvalue weighted by Crippen LogP contribution is 2.40. The van der Waals surface area contributed by atoms with Gasteiger partial charge < -0.3 is 15.2 Å². The van der Waals surface area contributed by atoms with Crippen molar-refractivity contribution in [3.63, 3.8) is 0 Å². The van der Waals surface area contributed by atoms with E-state index in [1.165, 1.54) is 0 Å². The van der Waals surface area contributed by atoms with Crippen LogP contribution in [0.3, 0.4) is 0 Å². The number of hydrogen-bond acceptors (Lipinski definition) is 5. The lowest BCUT2D eigenvalue weighted by molar-refractivity contribution is -0.150. The molecule has 2 N–H and O–H groups in total. The number of carbonyl (C=O) groups excluding carboxylic acids is 1. The molecule has 0 aromatic carbocycles. The van der Waals surface area contributed by atoms with E-state index in [1.54, 1.807) is 0 Å². The lowest BCUT2D eigenvalue weighted by Crippen LogP contribution is -2.49. The number of thioether (sulfide) groups is 1. The van der Waals surface area contributed by atoms with Gasteiger partial charge in [0.25, 0.3) is 0 Å². The van der Waals surface area contributed by atoms with Crippen LogP contribution in [0.1, 0.15) is 32.6 Å². The third-order valence-electron chi connectivity index (χ3n) is 4.00. The number of esters is 1. The predicted molar refractivity (Wildman–Crippen MR) is 72.6 cm³/mol. The van der Waals surface area contributed by atoms with Crippen LogP contribution in [-0.2, 0) is 14.3 Å². The number of carbonyl (C=O) groups is 1. The van der Waals surface area contributed by atoms with Crippen molar-refractivity contribution in [2.24, 2.45) is 11.7 Å². The van der Waals surface area contributed by atoms with Gasteiger partial charge in [-0.3, -0.25) is 4.79 Å². The van der Waals surface area contributed by atoms with Crippen LogP contribution in [0.2, 0.25) is 0 Å². The molecule has 2 atom stereocenters. The molecule has 0 aromatic rings. The van der Waals surface area contributed by atoms with Crippen molar-refractivity contribution in [3.8, 4) is 0 Å². The molecule has 0 bridgehead atoms. The van der Waals surface area contributed by atoms with E-state index in [9.17, 15) is 4.79 Å². The summed E-state index contributed by atoms with van der Waals surface area (Å²) in [6.07, 6.45) is 3.95. The monoisotopic (exact) mass is 273 g/mol. The Bertz CT molecular complexity index is 286. The van der Waals surface area contributed by atoms with Crippen molar-refractivity contribution in [2.75, 3.05) is 24.7 Å². The second-order valence-electron chi connectivity index (χ2n) is 5.17. The van der Waals surface area contributed by atoms with Gasteiger partial charge in [0.2, 0.25) is 0 Å². The average molecular weight is 273 g/mol. The van der Waals surface area contributed by atoms with Gasteiger partial charge in [0.15, 0.2) is 0 Å². The van der Waals surface area contributed by atoms with Crippen LogP contribution in [0.25, 0.3) is 0 Å². The first kappa shape index (κ1) is 14.2. The summed E-state index contributed by atoms with van der Waals surface area (Å²) >= 11 is 1.98. The van der Waals surface area contributed by atoms with Gasteiger partial charge in [-0.1, -0.05) is 0 Å². The molecule has 0 aromatic heterocycles. The molecule has 4 nitrogen and oxygen atoms in total. The molecule has 2 saturated heterocycles. The Morgan fingerprint density at radius 1 is 1.56 bits per heavy atom. The lowest BCUT2D eigenvalue weighted by Gasteiger charge is -2.44. The number of nitrogens with two attached hydrogens (primary N) is 1. The molecule has 18 heavy (non-hydrogen) atoms. The minimum atomic E-state index is -0.486. The van der Waals surface area contributed by atoms with E-state index in [-0.39, 0.29) is 17.5 Å². The second-order valence-corrected chi connectivity index (χ2v) is 6.40. The molecule has 2 aliphatic heterocycles. The van der Waals surface area contributed by atoms with Crippen LogP contribution in [0.5, 0.6) is 0 Å². The molecule has 0 radical (unpaired) electrons. The normalized spacial score (nSPS) is 28.9. The zero-order valence-electron chi connectivity index (χ0n) is 11.0. The minimum absolute atomic E-state index is 0.0156. The van der Waals surface area contributed by atoms with Crippen molar-refractivity contribution < 1.29 is 14.3 Å². The van der Waals surface area contributed by atoms with Crippen LogP contribution in [-0.4, -0.2) is 42.3 Å². The smallest absolute Gasteiger partial charge is 0.323 e. The van der Waals surface area contributed by atoms with E-state index in [2.05, 4.69) is 0 Å².